The van der Waals surface area contributed by atoms with Crippen molar-refractivity contribution < 1.29 is 0 Å². The third-order valence-corrected chi connectivity index (χ3v) is 3.31. The first-order valence-corrected chi connectivity index (χ1v) is 5.51. The summed E-state index contributed by atoms with van der Waals surface area (Å²) in [6.45, 7) is 4.36. The van der Waals surface area contributed by atoms with Gasteiger partial charge in [0.1, 0.15) is 10.0 Å². The van der Waals surface area contributed by atoms with Gasteiger partial charge >= 0.3 is 0 Å². The molecule has 0 saturated heterocycles. The molecule has 68 valence electrons. The molecule has 4 heteroatoms. The predicted molar refractivity (Wildman–Crippen MR) is 52.8 cm³/mol. The normalized spacial score (nSPS) is 13.2. The largest absolute Gasteiger partial charge is 0.143 e. The van der Waals surface area contributed by atoms with E-state index in [1.165, 1.54) is 12.8 Å². The third kappa shape index (κ3) is 2.42. The standard InChI is InChI=1S/C8H13ClN2S/c1-3-4-6(2)8-11-10-7(5-9)12-8/h6H,3-5H2,1-2H3. The van der Waals surface area contributed by atoms with Crippen molar-refractivity contribution in [2.45, 2.75) is 38.5 Å². The molecule has 0 saturated carbocycles. The third-order valence-electron chi connectivity index (χ3n) is 1.74. The van der Waals surface area contributed by atoms with Crippen molar-refractivity contribution in [2.24, 2.45) is 0 Å². The van der Waals surface area contributed by atoms with E-state index in [0.29, 0.717) is 11.8 Å². The van der Waals surface area contributed by atoms with Gasteiger partial charge in [0.15, 0.2) is 0 Å². The predicted octanol–water partition coefficient (Wildman–Crippen LogP) is 3.18. The first-order chi connectivity index (χ1) is 5.77. The highest BCUT2D eigenvalue weighted by Gasteiger charge is 2.09. The number of halogens is 1. The fraction of sp³-hybridized carbons (Fsp3) is 0.750. The van der Waals surface area contributed by atoms with E-state index in [9.17, 15) is 0 Å². The van der Waals surface area contributed by atoms with Gasteiger partial charge in [-0.25, -0.2) is 0 Å². The van der Waals surface area contributed by atoms with Gasteiger partial charge in [-0.1, -0.05) is 31.6 Å². The minimum Gasteiger partial charge on any atom is -0.143 e. The molecule has 1 aromatic rings. The fourth-order valence-corrected chi connectivity index (χ4v) is 2.07. The Kier molecular flexibility index (Phi) is 3.95. The molecule has 0 aliphatic rings. The molecule has 1 atom stereocenters. The van der Waals surface area contributed by atoms with Crippen LogP contribution >= 0.6 is 22.9 Å². The van der Waals surface area contributed by atoms with Crippen LogP contribution in [0.25, 0.3) is 0 Å². The van der Waals surface area contributed by atoms with Crippen molar-refractivity contribution >= 4 is 22.9 Å². The van der Waals surface area contributed by atoms with E-state index >= 15 is 0 Å². The number of hydrogen-bond acceptors (Lipinski definition) is 3. The lowest BCUT2D eigenvalue weighted by Gasteiger charge is -2.02. The molecule has 0 radical (unpaired) electrons. The maximum absolute atomic E-state index is 5.63. The van der Waals surface area contributed by atoms with Crippen molar-refractivity contribution in [2.75, 3.05) is 0 Å². The van der Waals surface area contributed by atoms with Gasteiger partial charge in [-0.3, -0.25) is 0 Å². The molecule has 2 nitrogen and oxygen atoms in total. The Morgan fingerprint density at radius 1 is 1.50 bits per heavy atom. The van der Waals surface area contributed by atoms with Crippen molar-refractivity contribution in [3.05, 3.63) is 10.0 Å². The van der Waals surface area contributed by atoms with E-state index < -0.39 is 0 Å². The summed E-state index contributed by atoms with van der Waals surface area (Å²) in [5.41, 5.74) is 0. The van der Waals surface area contributed by atoms with E-state index in [1.807, 2.05) is 0 Å². The molecule has 0 fully saturated rings. The first kappa shape index (κ1) is 9.93. The second kappa shape index (κ2) is 4.77. The Morgan fingerprint density at radius 2 is 2.25 bits per heavy atom. The lowest BCUT2D eigenvalue weighted by molar-refractivity contribution is 0.653. The van der Waals surface area contributed by atoms with Crippen molar-refractivity contribution in [1.29, 1.82) is 0 Å². The average molecular weight is 205 g/mol. The van der Waals surface area contributed by atoms with Crippen LogP contribution in [0, 0.1) is 0 Å². The van der Waals surface area contributed by atoms with Crippen LogP contribution in [0.15, 0.2) is 0 Å². The van der Waals surface area contributed by atoms with Gasteiger partial charge in [-0.05, 0) is 6.42 Å². The number of nitrogens with zero attached hydrogens (tertiary/aromatic N) is 2. The number of alkyl halides is 1. The van der Waals surface area contributed by atoms with E-state index in [2.05, 4.69) is 24.0 Å². The molecule has 0 bridgehead atoms. The Morgan fingerprint density at radius 3 is 2.75 bits per heavy atom. The Bertz CT molecular complexity index is 237. The number of rotatable bonds is 4. The van der Waals surface area contributed by atoms with Crippen molar-refractivity contribution in [3.8, 4) is 0 Å². The molecule has 1 aromatic heterocycles. The molecule has 0 aliphatic carbocycles. The van der Waals surface area contributed by atoms with E-state index in [4.69, 9.17) is 11.6 Å². The summed E-state index contributed by atoms with van der Waals surface area (Å²) in [4.78, 5) is 0. The molecular formula is C8H13ClN2S. The zero-order valence-electron chi connectivity index (χ0n) is 7.38. The maximum atomic E-state index is 5.63. The van der Waals surface area contributed by atoms with E-state index in [1.54, 1.807) is 11.3 Å². The minimum absolute atomic E-state index is 0.483. The summed E-state index contributed by atoms with van der Waals surface area (Å²) in [5, 5.41) is 10.1. The first-order valence-electron chi connectivity index (χ1n) is 4.16. The van der Waals surface area contributed by atoms with Gasteiger partial charge in [0.05, 0.1) is 5.88 Å². The highest BCUT2D eigenvalue weighted by Crippen LogP contribution is 2.24. The van der Waals surface area contributed by atoms with Gasteiger partial charge in [0, 0.05) is 5.92 Å². The zero-order valence-corrected chi connectivity index (χ0v) is 8.95. The Labute approximate surface area is 82.0 Å². The molecule has 0 spiro atoms. The lowest BCUT2D eigenvalue weighted by Crippen LogP contribution is -1.91. The van der Waals surface area contributed by atoms with Crippen molar-refractivity contribution in [3.63, 3.8) is 0 Å². The van der Waals surface area contributed by atoms with E-state index in [0.717, 1.165) is 10.0 Å². The summed E-state index contributed by atoms with van der Waals surface area (Å²) in [7, 11) is 0. The quantitative estimate of drug-likeness (QED) is 0.705. The van der Waals surface area contributed by atoms with E-state index in [-0.39, 0.29) is 0 Å². The molecule has 1 rings (SSSR count). The zero-order chi connectivity index (χ0) is 8.97. The van der Waals surface area contributed by atoms with Crippen LogP contribution in [0.3, 0.4) is 0 Å². The molecule has 0 N–H and O–H groups in total. The van der Waals surface area contributed by atoms with Crippen LogP contribution in [0.5, 0.6) is 0 Å². The Hall–Kier alpha value is -0.150. The van der Waals surface area contributed by atoms with Crippen LogP contribution in [-0.4, -0.2) is 10.2 Å². The highest BCUT2D eigenvalue weighted by atomic mass is 35.5. The van der Waals surface area contributed by atoms with Crippen LogP contribution < -0.4 is 0 Å². The molecular weight excluding hydrogens is 192 g/mol. The Balaban J connectivity index is 2.61. The molecule has 0 aliphatic heterocycles. The van der Waals surface area contributed by atoms with Crippen LogP contribution in [0.1, 0.15) is 42.6 Å². The lowest BCUT2D eigenvalue weighted by atomic mass is 10.1. The fourth-order valence-electron chi connectivity index (χ4n) is 1.08. The molecule has 0 aromatic carbocycles. The topological polar surface area (TPSA) is 25.8 Å². The minimum atomic E-state index is 0.483. The summed E-state index contributed by atoms with van der Waals surface area (Å²) in [6.07, 6.45) is 2.37. The van der Waals surface area contributed by atoms with Gasteiger partial charge in [0.2, 0.25) is 0 Å². The molecule has 0 amide bonds. The van der Waals surface area contributed by atoms with Crippen LogP contribution in [0.2, 0.25) is 0 Å². The summed E-state index contributed by atoms with van der Waals surface area (Å²) >= 11 is 7.26. The monoisotopic (exact) mass is 204 g/mol. The highest BCUT2D eigenvalue weighted by molar-refractivity contribution is 7.11. The average Bonchev–Trinajstić information content (AvgIpc) is 2.52. The summed E-state index contributed by atoms with van der Waals surface area (Å²) < 4.78 is 0. The maximum Gasteiger partial charge on any atom is 0.132 e. The molecule has 12 heavy (non-hydrogen) atoms. The summed E-state index contributed by atoms with van der Waals surface area (Å²) in [6, 6.07) is 0. The van der Waals surface area contributed by atoms with Gasteiger partial charge in [0.25, 0.3) is 0 Å². The second-order valence-electron chi connectivity index (χ2n) is 2.86. The number of aromatic nitrogens is 2. The second-order valence-corrected chi connectivity index (χ2v) is 4.22. The van der Waals surface area contributed by atoms with Crippen LogP contribution in [-0.2, 0) is 5.88 Å². The number of hydrogen-bond donors (Lipinski definition) is 0. The summed E-state index contributed by atoms with van der Waals surface area (Å²) in [5.74, 6) is 1.01. The van der Waals surface area contributed by atoms with Gasteiger partial charge < -0.3 is 0 Å². The SMILES string of the molecule is CCCC(C)c1nnc(CCl)s1. The smallest absolute Gasteiger partial charge is 0.132 e. The molecule has 1 unspecified atom stereocenters. The van der Waals surface area contributed by atoms with Gasteiger partial charge in [-0.2, -0.15) is 0 Å². The molecule has 1 heterocycles. The van der Waals surface area contributed by atoms with Crippen LogP contribution in [0.4, 0.5) is 0 Å². The van der Waals surface area contributed by atoms with Gasteiger partial charge in [-0.15, -0.1) is 21.8 Å². The van der Waals surface area contributed by atoms with Crippen molar-refractivity contribution in [1.82, 2.24) is 10.2 Å².